The van der Waals surface area contributed by atoms with Gasteiger partial charge in [-0.1, -0.05) is 60.7 Å². The number of rotatable bonds is 4. The average molecular weight is 542 g/mol. The number of carbonyl (C=O) groups excluding carboxylic acids is 2. The molecule has 0 radical (unpaired) electrons. The number of carbonyl (C=O) groups is 2. The van der Waals surface area contributed by atoms with Crippen molar-refractivity contribution in [3.8, 4) is 0 Å². The van der Waals surface area contributed by atoms with Gasteiger partial charge in [0.2, 0.25) is 0 Å². The maximum Gasteiger partial charge on any atom is 0.338 e. The van der Waals surface area contributed by atoms with Crippen molar-refractivity contribution in [2.45, 2.75) is 49.9 Å². The Hall–Kier alpha value is -3.68. The molecule has 2 bridgehead atoms. The minimum atomic E-state index is -0.408. The zero-order valence-electron chi connectivity index (χ0n) is 23.5. The van der Waals surface area contributed by atoms with Crippen LogP contribution >= 0.6 is 0 Å². The summed E-state index contributed by atoms with van der Waals surface area (Å²) in [5.74, 6) is -0.628. The molecule has 3 aliphatic heterocycles. The van der Waals surface area contributed by atoms with E-state index in [4.69, 9.17) is 15.2 Å². The molecule has 2 N–H and O–H groups in total. The van der Waals surface area contributed by atoms with Crippen LogP contribution in [0.25, 0.3) is 0 Å². The van der Waals surface area contributed by atoms with Crippen LogP contribution in [0.3, 0.4) is 0 Å². The Labute approximate surface area is 236 Å². The summed E-state index contributed by atoms with van der Waals surface area (Å²) in [7, 11) is 5.58. The van der Waals surface area contributed by atoms with E-state index in [1.807, 2.05) is 19.2 Å². The zero-order valence-corrected chi connectivity index (χ0v) is 23.5. The van der Waals surface area contributed by atoms with Gasteiger partial charge in [-0.25, -0.2) is 4.79 Å². The van der Waals surface area contributed by atoms with Gasteiger partial charge >= 0.3 is 11.9 Å². The van der Waals surface area contributed by atoms with Gasteiger partial charge in [0, 0.05) is 43.2 Å². The molecule has 0 amide bonds. The normalized spacial score (nSPS) is 25.7. The first-order valence-corrected chi connectivity index (χ1v) is 14.0. The predicted octanol–water partition coefficient (Wildman–Crippen LogP) is 4.71. The number of fused-ring (bicyclic) bond motifs is 3. The number of likely N-dealkylation sites (N-methyl/N-ethyl adjacent to an activating group) is 1. The number of hydrogen-bond donors (Lipinski definition) is 1. The fraction of sp³-hybridized carbons (Fsp3) is 0.394. The minimum absolute atomic E-state index is 0.0970. The van der Waals surface area contributed by atoms with Crippen LogP contribution in [-0.4, -0.2) is 67.7 Å². The van der Waals surface area contributed by atoms with E-state index in [1.54, 1.807) is 24.3 Å². The van der Waals surface area contributed by atoms with Crippen molar-refractivity contribution >= 4 is 17.6 Å². The number of nitrogen functional groups attached to an aromatic ring is 1. The third kappa shape index (κ3) is 5.76. The Bertz CT molecular complexity index is 1320. The van der Waals surface area contributed by atoms with E-state index in [0.717, 1.165) is 31.6 Å². The average Bonchev–Trinajstić information content (AvgIpc) is 3.21. The molecule has 6 rings (SSSR count). The van der Waals surface area contributed by atoms with E-state index in [2.05, 4.69) is 59.3 Å². The number of nitrogens with zero attached hydrogens (tertiary/aromatic N) is 2. The molecule has 3 heterocycles. The Morgan fingerprint density at radius 3 is 2.30 bits per heavy atom. The molecule has 7 nitrogen and oxygen atoms in total. The van der Waals surface area contributed by atoms with Crippen molar-refractivity contribution in [2.75, 3.05) is 33.5 Å². The van der Waals surface area contributed by atoms with E-state index in [0.29, 0.717) is 23.9 Å². The molecule has 210 valence electrons. The lowest BCUT2D eigenvalue weighted by Crippen LogP contribution is -2.53. The Kier molecular flexibility index (Phi) is 8.52. The number of ether oxygens (including phenoxy) is 2. The maximum atomic E-state index is 12.3. The lowest BCUT2D eigenvalue weighted by Gasteiger charge is -2.40. The van der Waals surface area contributed by atoms with Crippen molar-refractivity contribution in [3.63, 3.8) is 0 Å². The number of hydrogen-bond acceptors (Lipinski definition) is 7. The molecule has 7 heteroatoms. The first kappa shape index (κ1) is 27.9. The summed E-state index contributed by atoms with van der Waals surface area (Å²) in [5, 5.41) is 0. The molecule has 3 aromatic carbocycles. The third-order valence-corrected chi connectivity index (χ3v) is 8.70. The van der Waals surface area contributed by atoms with E-state index < -0.39 is 12.0 Å². The second-order valence-electron chi connectivity index (χ2n) is 11.1. The minimum Gasteiger partial charge on any atom is -0.469 e. The number of methoxy groups -OCH3 is 1. The van der Waals surface area contributed by atoms with Crippen LogP contribution in [0.5, 0.6) is 0 Å². The number of piperidine rings is 1. The van der Waals surface area contributed by atoms with Crippen LogP contribution in [0.2, 0.25) is 0 Å². The summed E-state index contributed by atoms with van der Waals surface area (Å²) in [6, 6.07) is 26.3. The molecule has 40 heavy (non-hydrogen) atoms. The molecule has 0 aromatic heterocycles. The molecule has 3 aliphatic rings. The Balaban J connectivity index is 0.000000164. The highest BCUT2D eigenvalue weighted by molar-refractivity contribution is 5.89. The topological polar surface area (TPSA) is 85.1 Å². The fourth-order valence-electron chi connectivity index (χ4n) is 6.61. The van der Waals surface area contributed by atoms with Crippen LogP contribution in [0.1, 0.15) is 52.2 Å². The van der Waals surface area contributed by atoms with Gasteiger partial charge in [0.15, 0.2) is 0 Å². The van der Waals surface area contributed by atoms with Crippen molar-refractivity contribution in [3.05, 3.63) is 101 Å². The molecular weight excluding hydrogens is 502 g/mol. The highest BCUT2D eigenvalue weighted by Crippen LogP contribution is 2.40. The van der Waals surface area contributed by atoms with E-state index in [-0.39, 0.29) is 18.0 Å². The maximum absolute atomic E-state index is 12.3. The molecule has 1 unspecified atom stereocenters. The summed E-state index contributed by atoms with van der Waals surface area (Å²) in [6.07, 6.45) is 2.26. The van der Waals surface area contributed by atoms with E-state index in [1.165, 1.54) is 23.8 Å². The quantitative estimate of drug-likeness (QED) is 0.378. The fourth-order valence-corrected chi connectivity index (χ4v) is 6.61. The summed E-state index contributed by atoms with van der Waals surface area (Å²) in [4.78, 5) is 29.1. The van der Waals surface area contributed by atoms with Crippen LogP contribution in [0.15, 0.2) is 78.9 Å². The van der Waals surface area contributed by atoms with Crippen molar-refractivity contribution < 1.29 is 19.1 Å². The summed E-state index contributed by atoms with van der Waals surface area (Å²) < 4.78 is 10.6. The van der Waals surface area contributed by atoms with Crippen LogP contribution in [0.4, 0.5) is 5.69 Å². The lowest BCUT2D eigenvalue weighted by molar-refractivity contribution is -0.156. The highest BCUT2D eigenvalue weighted by Gasteiger charge is 2.51. The van der Waals surface area contributed by atoms with Gasteiger partial charge in [-0.2, -0.15) is 0 Å². The largest absolute Gasteiger partial charge is 0.469 e. The molecule has 0 spiro atoms. The van der Waals surface area contributed by atoms with Gasteiger partial charge in [-0.15, -0.1) is 0 Å². The summed E-state index contributed by atoms with van der Waals surface area (Å²) in [5.41, 5.74) is 11.6. The smallest absolute Gasteiger partial charge is 0.338 e. The SMILES string of the molecule is CN1Cc2c(N)cccc2C(c2ccccc2)C1.COC(=O)[C@H]1[C@@H](OC(=O)c2ccccc2)C[C@@H]2CC[C@H]1N2C. The van der Waals surface area contributed by atoms with E-state index in [9.17, 15) is 9.59 Å². The number of esters is 2. The van der Waals surface area contributed by atoms with Gasteiger partial charge in [-0.05, 0) is 61.8 Å². The van der Waals surface area contributed by atoms with Gasteiger partial charge in [0.1, 0.15) is 12.0 Å². The van der Waals surface area contributed by atoms with Crippen LogP contribution < -0.4 is 5.73 Å². The monoisotopic (exact) mass is 541 g/mol. The standard InChI is InChI=1S/C17H21NO4.C16H18N2/c1-18-12-8-9-13(18)15(17(20)21-2)14(10-12)22-16(19)11-6-4-3-5-7-11;1-18-10-14(12-6-3-2-4-7-12)13-8-5-9-16(17)15(13)11-18/h3-7,12-15H,8-10H2,1-2H3;2-9,14H,10-11,17H2,1H3/t12-,13+,14-,15+;/m0./s1. The van der Waals surface area contributed by atoms with Crippen LogP contribution in [-0.2, 0) is 20.8 Å². The number of nitrogens with two attached hydrogens (primary N) is 1. The van der Waals surface area contributed by atoms with Gasteiger partial charge < -0.3 is 20.1 Å². The molecular formula is C33H39N3O4. The molecule has 0 aliphatic carbocycles. The number of anilines is 1. The molecule has 2 fully saturated rings. The first-order valence-electron chi connectivity index (χ1n) is 14.0. The van der Waals surface area contributed by atoms with Crippen molar-refractivity contribution in [1.82, 2.24) is 9.80 Å². The lowest BCUT2D eigenvalue weighted by atomic mass is 9.84. The van der Waals surface area contributed by atoms with Gasteiger partial charge in [0.05, 0.1) is 12.7 Å². The van der Waals surface area contributed by atoms with Gasteiger partial charge in [0.25, 0.3) is 0 Å². The predicted molar refractivity (Wildman–Crippen MR) is 156 cm³/mol. The Morgan fingerprint density at radius 1 is 0.900 bits per heavy atom. The number of benzene rings is 3. The second-order valence-corrected chi connectivity index (χ2v) is 11.1. The Morgan fingerprint density at radius 2 is 1.60 bits per heavy atom. The van der Waals surface area contributed by atoms with Gasteiger partial charge in [-0.3, -0.25) is 9.69 Å². The highest BCUT2D eigenvalue weighted by atomic mass is 16.6. The molecule has 3 aromatic rings. The zero-order chi connectivity index (χ0) is 28.2. The van der Waals surface area contributed by atoms with Crippen molar-refractivity contribution in [1.29, 1.82) is 0 Å². The van der Waals surface area contributed by atoms with Crippen LogP contribution in [0, 0.1) is 5.92 Å². The first-order chi connectivity index (χ1) is 19.4. The summed E-state index contributed by atoms with van der Waals surface area (Å²) in [6.45, 7) is 2.01. The molecule has 2 saturated heterocycles. The van der Waals surface area contributed by atoms with E-state index >= 15 is 0 Å². The third-order valence-electron chi connectivity index (χ3n) is 8.70. The summed E-state index contributed by atoms with van der Waals surface area (Å²) >= 11 is 0. The molecule has 5 atom stereocenters. The second kappa shape index (κ2) is 12.2. The molecule has 0 saturated carbocycles. The van der Waals surface area contributed by atoms with Crippen molar-refractivity contribution in [2.24, 2.45) is 5.92 Å².